The van der Waals surface area contributed by atoms with E-state index in [9.17, 15) is 31.1 Å². The summed E-state index contributed by atoms with van der Waals surface area (Å²) in [6, 6.07) is 4.24. The summed E-state index contributed by atoms with van der Waals surface area (Å²) < 4.78 is 78.8. The number of hydrogen-bond donors (Lipinski definition) is 1. The van der Waals surface area contributed by atoms with Crippen LogP contribution in [0.2, 0.25) is 0 Å². The molecule has 0 bridgehead atoms. The van der Waals surface area contributed by atoms with E-state index in [1.807, 2.05) is 0 Å². The molecule has 1 aromatic carbocycles. The van der Waals surface area contributed by atoms with Crippen molar-refractivity contribution >= 4 is 11.6 Å². The first-order chi connectivity index (χ1) is 10.7. The zero-order chi connectivity index (χ0) is 17.2. The Morgan fingerprint density at radius 3 is 2.26 bits per heavy atom. The second-order valence-corrected chi connectivity index (χ2v) is 4.12. The first-order valence-corrected chi connectivity index (χ1v) is 5.84. The van der Waals surface area contributed by atoms with E-state index in [0.29, 0.717) is 6.07 Å². The standard InChI is InChI=1S/C13H6F6N2O2/c14-9-5-8(10(15)11(16)21-9)12(22)20-6-1-3-7(4-2-6)23-13(17,18)19/h1-5H,(H,20,22). The number of aromatic nitrogens is 1. The maximum absolute atomic E-state index is 13.4. The third-order valence-electron chi connectivity index (χ3n) is 2.48. The van der Waals surface area contributed by atoms with E-state index >= 15 is 0 Å². The summed E-state index contributed by atoms with van der Waals surface area (Å²) in [6.07, 6.45) is -4.88. The van der Waals surface area contributed by atoms with Crippen molar-refractivity contribution < 1.29 is 35.9 Å². The maximum Gasteiger partial charge on any atom is 0.573 e. The van der Waals surface area contributed by atoms with E-state index in [-0.39, 0.29) is 5.69 Å². The van der Waals surface area contributed by atoms with E-state index in [1.165, 1.54) is 0 Å². The molecule has 0 spiro atoms. The highest BCUT2D eigenvalue weighted by Gasteiger charge is 2.31. The topological polar surface area (TPSA) is 51.2 Å². The van der Waals surface area contributed by atoms with Crippen molar-refractivity contribution in [2.45, 2.75) is 6.36 Å². The normalized spacial score (nSPS) is 11.2. The summed E-state index contributed by atoms with van der Waals surface area (Å²) in [5, 5.41) is 2.07. The molecule has 0 atom stereocenters. The number of carbonyl (C=O) groups is 1. The molecular formula is C13H6F6N2O2. The predicted molar refractivity (Wildman–Crippen MR) is 65.2 cm³/mol. The third-order valence-corrected chi connectivity index (χ3v) is 2.48. The first-order valence-electron chi connectivity index (χ1n) is 5.84. The molecule has 1 aromatic heterocycles. The van der Waals surface area contributed by atoms with Gasteiger partial charge in [0, 0.05) is 11.8 Å². The fraction of sp³-hybridized carbons (Fsp3) is 0.0769. The number of benzene rings is 1. The van der Waals surface area contributed by atoms with Crippen molar-refractivity contribution in [1.82, 2.24) is 4.98 Å². The number of carbonyl (C=O) groups excluding carboxylic acids is 1. The SMILES string of the molecule is O=C(Nc1ccc(OC(F)(F)F)cc1)c1cc(F)nc(F)c1F. The molecule has 0 saturated heterocycles. The highest BCUT2D eigenvalue weighted by Crippen LogP contribution is 2.24. The van der Waals surface area contributed by atoms with Crippen molar-refractivity contribution in [3.8, 4) is 5.75 Å². The maximum atomic E-state index is 13.4. The van der Waals surface area contributed by atoms with Gasteiger partial charge >= 0.3 is 6.36 Å². The van der Waals surface area contributed by atoms with Crippen LogP contribution in [-0.2, 0) is 0 Å². The number of anilines is 1. The van der Waals surface area contributed by atoms with Crippen molar-refractivity contribution in [1.29, 1.82) is 0 Å². The van der Waals surface area contributed by atoms with Crippen LogP contribution in [0.4, 0.5) is 32.0 Å². The smallest absolute Gasteiger partial charge is 0.406 e. The average Bonchev–Trinajstić information content (AvgIpc) is 2.43. The van der Waals surface area contributed by atoms with Crippen molar-refractivity contribution in [3.63, 3.8) is 0 Å². The number of alkyl halides is 3. The molecule has 122 valence electrons. The van der Waals surface area contributed by atoms with Crippen LogP contribution in [0.25, 0.3) is 0 Å². The number of halogens is 6. The average molecular weight is 336 g/mol. The molecular weight excluding hydrogens is 330 g/mol. The lowest BCUT2D eigenvalue weighted by molar-refractivity contribution is -0.274. The van der Waals surface area contributed by atoms with E-state index in [4.69, 9.17) is 0 Å². The van der Waals surface area contributed by atoms with Gasteiger partial charge in [0.25, 0.3) is 11.9 Å². The van der Waals surface area contributed by atoms with Gasteiger partial charge in [-0.2, -0.15) is 13.8 Å². The van der Waals surface area contributed by atoms with E-state index < -0.39 is 41.3 Å². The molecule has 1 heterocycles. The minimum Gasteiger partial charge on any atom is -0.406 e. The second kappa shape index (κ2) is 6.15. The quantitative estimate of drug-likeness (QED) is 0.688. The Morgan fingerprint density at radius 1 is 1.09 bits per heavy atom. The molecule has 10 heteroatoms. The Morgan fingerprint density at radius 2 is 1.70 bits per heavy atom. The van der Waals surface area contributed by atoms with E-state index in [0.717, 1.165) is 24.3 Å². The molecule has 0 fully saturated rings. The molecule has 0 saturated carbocycles. The highest BCUT2D eigenvalue weighted by atomic mass is 19.4. The lowest BCUT2D eigenvalue weighted by atomic mass is 10.2. The number of pyridine rings is 1. The monoisotopic (exact) mass is 336 g/mol. The van der Waals surface area contributed by atoms with Gasteiger partial charge in [0.1, 0.15) is 5.75 Å². The Labute approximate surface area is 124 Å². The predicted octanol–water partition coefficient (Wildman–Crippen LogP) is 3.65. The van der Waals surface area contributed by atoms with Crippen LogP contribution in [0, 0.1) is 17.7 Å². The zero-order valence-corrected chi connectivity index (χ0v) is 10.9. The Hall–Kier alpha value is -2.78. The molecule has 1 N–H and O–H groups in total. The Kier molecular flexibility index (Phi) is 4.43. The molecule has 1 amide bonds. The molecule has 0 aliphatic heterocycles. The summed E-state index contributed by atoms with van der Waals surface area (Å²) >= 11 is 0. The summed E-state index contributed by atoms with van der Waals surface area (Å²) in [5.41, 5.74) is -0.979. The van der Waals surface area contributed by atoms with Gasteiger partial charge in [0.2, 0.25) is 5.95 Å². The summed E-state index contributed by atoms with van der Waals surface area (Å²) in [4.78, 5) is 14.3. The van der Waals surface area contributed by atoms with Gasteiger partial charge in [-0.05, 0) is 24.3 Å². The van der Waals surface area contributed by atoms with Gasteiger partial charge in [-0.1, -0.05) is 0 Å². The lowest BCUT2D eigenvalue weighted by Crippen LogP contribution is -2.17. The number of nitrogens with zero attached hydrogens (tertiary/aromatic N) is 1. The van der Waals surface area contributed by atoms with Crippen LogP contribution in [0.5, 0.6) is 5.75 Å². The summed E-state index contributed by atoms with van der Waals surface area (Å²) in [7, 11) is 0. The second-order valence-electron chi connectivity index (χ2n) is 4.12. The number of nitrogens with one attached hydrogen (secondary N) is 1. The van der Waals surface area contributed by atoms with Gasteiger partial charge in [0.05, 0.1) is 5.56 Å². The van der Waals surface area contributed by atoms with Crippen LogP contribution in [0.15, 0.2) is 30.3 Å². The number of rotatable bonds is 3. The molecule has 2 aromatic rings. The van der Waals surface area contributed by atoms with E-state index in [2.05, 4.69) is 15.0 Å². The fourth-order valence-electron chi connectivity index (χ4n) is 1.57. The Balaban J connectivity index is 2.15. The van der Waals surface area contributed by atoms with Crippen LogP contribution < -0.4 is 10.1 Å². The van der Waals surface area contributed by atoms with Crippen LogP contribution >= 0.6 is 0 Å². The lowest BCUT2D eigenvalue weighted by Gasteiger charge is -2.10. The zero-order valence-electron chi connectivity index (χ0n) is 10.9. The van der Waals surface area contributed by atoms with Gasteiger partial charge in [-0.15, -0.1) is 13.2 Å². The summed E-state index contributed by atoms with van der Waals surface area (Å²) in [5.74, 6) is -6.58. The molecule has 0 unspecified atom stereocenters. The number of hydrogen-bond acceptors (Lipinski definition) is 3. The van der Waals surface area contributed by atoms with Crippen molar-refractivity contribution in [3.05, 3.63) is 53.6 Å². The van der Waals surface area contributed by atoms with E-state index in [1.54, 1.807) is 0 Å². The van der Waals surface area contributed by atoms with Gasteiger partial charge < -0.3 is 10.1 Å². The minimum absolute atomic E-state index is 0.0402. The Bertz CT molecular complexity index is 730. The van der Waals surface area contributed by atoms with Crippen molar-refractivity contribution in [2.75, 3.05) is 5.32 Å². The number of ether oxygens (including phenoxy) is 1. The largest absolute Gasteiger partial charge is 0.573 e. The molecule has 23 heavy (non-hydrogen) atoms. The minimum atomic E-state index is -4.88. The fourth-order valence-corrected chi connectivity index (χ4v) is 1.57. The van der Waals surface area contributed by atoms with Crippen LogP contribution in [-0.4, -0.2) is 17.3 Å². The van der Waals surface area contributed by atoms with Gasteiger partial charge in [-0.25, -0.2) is 4.39 Å². The molecule has 0 aliphatic rings. The van der Waals surface area contributed by atoms with Crippen molar-refractivity contribution in [2.24, 2.45) is 0 Å². The molecule has 0 aliphatic carbocycles. The molecule has 0 radical (unpaired) electrons. The first kappa shape index (κ1) is 16.6. The highest BCUT2D eigenvalue weighted by molar-refractivity contribution is 6.04. The number of amides is 1. The molecule has 4 nitrogen and oxygen atoms in total. The third kappa shape index (κ3) is 4.34. The van der Waals surface area contributed by atoms with Gasteiger partial charge in [-0.3, -0.25) is 4.79 Å². The van der Waals surface area contributed by atoms with Crippen LogP contribution in [0.3, 0.4) is 0 Å². The van der Waals surface area contributed by atoms with Crippen LogP contribution in [0.1, 0.15) is 10.4 Å². The summed E-state index contributed by atoms with van der Waals surface area (Å²) in [6.45, 7) is 0. The van der Waals surface area contributed by atoms with Gasteiger partial charge in [0.15, 0.2) is 5.82 Å². The molecule has 2 rings (SSSR count).